The average molecular weight is 249 g/mol. The van der Waals surface area contributed by atoms with Crippen molar-refractivity contribution in [1.29, 1.82) is 0 Å². The Morgan fingerprint density at radius 2 is 2.12 bits per heavy atom. The molecule has 0 amide bonds. The van der Waals surface area contributed by atoms with Crippen LogP contribution in [0.4, 0.5) is 0 Å². The summed E-state index contributed by atoms with van der Waals surface area (Å²) in [5, 5.41) is 8.92. The highest BCUT2D eigenvalue weighted by atomic mass is 32.3. The van der Waals surface area contributed by atoms with Crippen LogP contribution in [0.5, 0.6) is 5.75 Å². The summed E-state index contributed by atoms with van der Waals surface area (Å²) in [6.45, 7) is 4.26. The van der Waals surface area contributed by atoms with Crippen molar-refractivity contribution in [3.05, 3.63) is 24.5 Å². The predicted molar refractivity (Wildman–Crippen MR) is 55.3 cm³/mol. The van der Waals surface area contributed by atoms with Gasteiger partial charge in [-0.15, -0.1) is 0 Å². The van der Waals surface area contributed by atoms with Gasteiger partial charge in [0.05, 0.1) is 6.61 Å². The van der Waals surface area contributed by atoms with Gasteiger partial charge in [0, 0.05) is 6.07 Å². The van der Waals surface area contributed by atoms with Gasteiger partial charge in [-0.25, -0.2) is 13.0 Å². The molecule has 0 saturated heterocycles. The van der Waals surface area contributed by atoms with Crippen molar-refractivity contribution < 1.29 is 26.8 Å². The number of hydrogen-bond acceptors (Lipinski definition) is 5. The Balaban J connectivity index is 0.000000293. The van der Waals surface area contributed by atoms with Crippen LogP contribution in [0.3, 0.4) is 0 Å². The van der Waals surface area contributed by atoms with Crippen molar-refractivity contribution in [2.75, 3.05) is 6.61 Å². The Bertz CT molecular complexity index is 404. The van der Waals surface area contributed by atoms with E-state index in [2.05, 4.69) is 4.18 Å². The highest BCUT2D eigenvalue weighted by Gasteiger charge is 1.94. The topological polar surface area (TPSA) is 90.5 Å². The Morgan fingerprint density at radius 3 is 2.38 bits per heavy atom. The molecule has 92 valence electrons. The molecule has 0 radical (unpaired) electrons. The number of nitrogens with zero attached hydrogens (tertiary/aromatic N) is 1. The van der Waals surface area contributed by atoms with E-state index < -0.39 is 10.4 Å². The summed E-state index contributed by atoms with van der Waals surface area (Å²) in [5.41, 5.74) is 0. The molecule has 0 saturated carbocycles. The second-order valence-electron chi connectivity index (χ2n) is 2.71. The molecule has 0 unspecified atom stereocenters. The maximum atomic E-state index is 9.45. The number of aromatic nitrogens is 1. The summed E-state index contributed by atoms with van der Waals surface area (Å²) in [6, 6.07) is 3.48. The first-order valence-corrected chi connectivity index (χ1v) is 6.00. The highest BCUT2D eigenvalue weighted by Crippen LogP contribution is 1.99. The third kappa shape index (κ3) is 8.16. The average Bonchev–Trinajstić information content (AvgIpc) is 2.17. The highest BCUT2D eigenvalue weighted by molar-refractivity contribution is 7.80. The van der Waals surface area contributed by atoms with E-state index in [1.165, 1.54) is 6.92 Å². The zero-order valence-electron chi connectivity index (χ0n) is 9.16. The predicted octanol–water partition coefficient (Wildman–Crippen LogP) is 0.183. The van der Waals surface area contributed by atoms with E-state index in [9.17, 15) is 13.0 Å². The van der Waals surface area contributed by atoms with E-state index in [4.69, 9.17) is 5.11 Å². The van der Waals surface area contributed by atoms with Crippen molar-refractivity contribution in [2.24, 2.45) is 0 Å². The number of rotatable bonds is 3. The fraction of sp³-hybridized carbons (Fsp3) is 0.444. The van der Waals surface area contributed by atoms with Gasteiger partial charge in [-0.2, -0.15) is 0 Å². The molecule has 7 heteroatoms. The second kappa shape index (κ2) is 7.15. The SMILES string of the molecule is CCOS(=O)(=O)[O-].CC[n+]1cccc(O)c1. The van der Waals surface area contributed by atoms with Crippen LogP contribution in [0.25, 0.3) is 0 Å². The summed E-state index contributed by atoms with van der Waals surface area (Å²) in [5.74, 6) is 0.319. The molecular formula is C9H15NO5S. The van der Waals surface area contributed by atoms with Gasteiger partial charge in [0.25, 0.3) is 0 Å². The van der Waals surface area contributed by atoms with E-state index in [-0.39, 0.29) is 6.61 Å². The third-order valence-corrected chi connectivity index (χ3v) is 1.99. The molecular weight excluding hydrogens is 234 g/mol. The summed E-state index contributed by atoms with van der Waals surface area (Å²) >= 11 is 0. The van der Waals surface area contributed by atoms with E-state index in [0.29, 0.717) is 5.75 Å². The van der Waals surface area contributed by atoms with Gasteiger partial charge in [0.1, 0.15) is 6.54 Å². The summed E-state index contributed by atoms with van der Waals surface area (Å²) < 4.78 is 33.9. The number of hydrogen-bond donors (Lipinski definition) is 1. The first-order valence-electron chi connectivity index (χ1n) is 4.67. The molecule has 0 aliphatic rings. The summed E-state index contributed by atoms with van der Waals surface area (Å²) in [4.78, 5) is 0. The summed E-state index contributed by atoms with van der Waals surface area (Å²) in [7, 11) is -4.42. The van der Waals surface area contributed by atoms with Gasteiger partial charge >= 0.3 is 0 Å². The molecule has 0 fully saturated rings. The molecule has 0 spiro atoms. The minimum atomic E-state index is -4.42. The molecule has 0 atom stereocenters. The summed E-state index contributed by atoms with van der Waals surface area (Å²) in [6.07, 6.45) is 3.61. The molecule has 1 N–H and O–H groups in total. The third-order valence-electron chi connectivity index (χ3n) is 1.47. The van der Waals surface area contributed by atoms with Crippen LogP contribution in [0.1, 0.15) is 13.8 Å². The fourth-order valence-electron chi connectivity index (χ4n) is 0.849. The maximum Gasteiger partial charge on any atom is 0.217 e. The molecule has 1 rings (SSSR count). The normalized spacial score (nSPS) is 10.4. The first-order chi connectivity index (χ1) is 7.39. The van der Waals surface area contributed by atoms with Gasteiger partial charge in [0.15, 0.2) is 11.9 Å². The Labute approximate surface area is 95.1 Å². The number of aromatic hydroxyl groups is 1. The standard InChI is InChI=1S/C7H9NO.C2H6O4S/c1-2-8-5-3-4-7(9)6-8;1-2-6-7(3,4)5/h3-6H,2H2,1H3;2H2,1H3,(H,3,4,5). The molecule has 1 aromatic heterocycles. The van der Waals surface area contributed by atoms with Gasteiger partial charge in [0.2, 0.25) is 16.6 Å². The van der Waals surface area contributed by atoms with Crippen LogP contribution in [0, 0.1) is 0 Å². The van der Waals surface area contributed by atoms with Gasteiger partial charge in [-0.05, 0) is 19.9 Å². The van der Waals surface area contributed by atoms with Gasteiger partial charge in [-0.1, -0.05) is 0 Å². The van der Waals surface area contributed by atoms with E-state index in [0.717, 1.165) is 6.54 Å². The zero-order valence-corrected chi connectivity index (χ0v) is 9.98. The van der Waals surface area contributed by atoms with E-state index in [1.807, 2.05) is 23.8 Å². The molecule has 1 aromatic rings. The quantitative estimate of drug-likeness (QED) is 0.469. The monoisotopic (exact) mass is 249 g/mol. The van der Waals surface area contributed by atoms with Crippen LogP contribution in [-0.2, 0) is 21.1 Å². The molecule has 1 heterocycles. The second-order valence-corrected chi connectivity index (χ2v) is 3.76. The molecule has 0 aliphatic heterocycles. The zero-order chi connectivity index (χ0) is 12.6. The number of aryl methyl sites for hydroxylation is 1. The van der Waals surface area contributed by atoms with Crippen molar-refractivity contribution in [3.63, 3.8) is 0 Å². The van der Waals surface area contributed by atoms with Crippen LogP contribution >= 0.6 is 0 Å². The number of pyridine rings is 1. The molecule has 16 heavy (non-hydrogen) atoms. The lowest BCUT2D eigenvalue weighted by Crippen LogP contribution is -2.30. The Hall–Kier alpha value is -1.18. The molecule has 0 aromatic carbocycles. The van der Waals surface area contributed by atoms with E-state index in [1.54, 1.807) is 12.3 Å². The van der Waals surface area contributed by atoms with Crippen LogP contribution in [0.15, 0.2) is 24.5 Å². The largest absolute Gasteiger partial charge is 0.726 e. The van der Waals surface area contributed by atoms with Crippen molar-refractivity contribution >= 4 is 10.4 Å². The van der Waals surface area contributed by atoms with Crippen molar-refractivity contribution in [1.82, 2.24) is 0 Å². The maximum absolute atomic E-state index is 9.45. The lowest BCUT2D eigenvalue weighted by atomic mass is 10.4. The minimum absolute atomic E-state index is 0.0914. The lowest BCUT2D eigenvalue weighted by molar-refractivity contribution is -0.693. The Morgan fingerprint density at radius 1 is 1.50 bits per heavy atom. The van der Waals surface area contributed by atoms with Gasteiger partial charge < -0.3 is 9.66 Å². The fourth-order valence-corrected chi connectivity index (χ4v) is 1.14. The van der Waals surface area contributed by atoms with Crippen molar-refractivity contribution in [3.8, 4) is 5.75 Å². The smallest absolute Gasteiger partial charge is 0.217 e. The van der Waals surface area contributed by atoms with Gasteiger partial charge in [-0.3, -0.25) is 4.18 Å². The molecule has 6 nitrogen and oxygen atoms in total. The lowest BCUT2D eigenvalue weighted by Gasteiger charge is -2.02. The molecule has 0 aliphatic carbocycles. The van der Waals surface area contributed by atoms with Crippen LogP contribution in [0.2, 0.25) is 0 Å². The Kier molecular flexibility index (Phi) is 6.63. The van der Waals surface area contributed by atoms with E-state index >= 15 is 0 Å². The van der Waals surface area contributed by atoms with Crippen LogP contribution in [-0.4, -0.2) is 24.7 Å². The molecule has 0 bridgehead atoms. The van der Waals surface area contributed by atoms with Crippen LogP contribution < -0.4 is 4.57 Å². The minimum Gasteiger partial charge on any atom is -0.726 e. The first kappa shape index (κ1) is 14.8. The van der Waals surface area contributed by atoms with Crippen molar-refractivity contribution in [2.45, 2.75) is 20.4 Å².